The van der Waals surface area contributed by atoms with Gasteiger partial charge >= 0.3 is 0 Å². The lowest BCUT2D eigenvalue weighted by atomic mass is 10.0. The van der Waals surface area contributed by atoms with Gasteiger partial charge in [-0.3, -0.25) is 0 Å². The zero-order valence-corrected chi connectivity index (χ0v) is 8.61. The van der Waals surface area contributed by atoms with Gasteiger partial charge in [-0.15, -0.1) is 0 Å². The molecule has 0 heterocycles. The fraction of sp³-hybridized carbons (Fsp3) is 1.00. The molecule has 0 aromatic rings. The van der Waals surface area contributed by atoms with E-state index in [1.165, 1.54) is 19.3 Å². The van der Waals surface area contributed by atoms with Crippen LogP contribution in [0.15, 0.2) is 0 Å². The van der Waals surface area contributed by atoms with E-state index in [2.05, 4.69) is 13.8 Å². The standard InChI is InChI=1S/C8H16O.C2H6/c1-7(2)6-8(9-3)4-5-8;1-2/h7H,4-6H2,1-3H3;1-2H3. The SMILES string of the molecule is CC.COC1(CC(C)C)CC1. The molecular formula is C10H22O. The van der Waals surface area contributed by atoms with E-state index in [-0.39, 0.29) is 0 Å². The summed E-state index contributed by atoms with van der Waals surface area (Å²) >= 11 is 0. The first-order valence-corrected chi connectivity index (χ1v) is 4.74. The molecule has 0 unspecified atom stereocenters. The van der Waals surface area contributed by atoms with Gasteiger partial charge in [-0.2, -0.15) is 0 Å². The highest BCUT2D eigenvalue weighted by molar-refractivity contribution is 4.95. The molecule has 1 rings (SSSR count). The molecule has 68 valence electrons. The second kappa shape index (κ2) is 4.76. The van der Waals surface area contributed by atoms with E-state index in [0.717, 1.165) is 5.92 Å². The summed E-state index contributed by atoms with van der Waals surface area (Å²) in [5.74, 6) is 0.785. The highest BCUT2D eigenvalue weighted by atomic mass is 16.5. The predicted molar refractivity (Wildman–Crippen MR) is 49.8 cm³/mol. The summed E-state index contributed by atoms with van der Waals surface area (Å²) in [5.41, 5.74) is 0.314. The Morgan fingerprint density at radius 2 is 1.73 bits per heavy atom. The zero-order valence-electron chi connectivity index (χ0n) is 8.61. The minimum Gasteiger partial charge on any atom is -0.378 e. The van der Waals surface area contributed by atoms with E-state index < -0.39 is 0 Å². The molecule has 0 spiro atoms. The Balaban J connectivity index is 0.000000461. The monoisotopic (exact) mass is 158 g/mol. The van der Waals surface area contributed by atoms with Crippen LogP contribution in [0.5, 0.6) is 0 Å². The summed E-state index contributed by atoms with van der Waals surface area (Å²) < 4.78 is 5.36. The lowest BCUT2D eigenvalue weighted by Crippen LogP contribution is -2.13. The number of hydrogen-bond donors (Lipinski definition) is 0. The van der Waals surface area contributed by atoms with Crippen molar-refractivity contribution in [3.05, 3.63) is 0 Å². The average molecular weight is 158 g/mol. The van der Waals surface area contributed by atoms with Crippen molar-refractivity contribution in [3.8, 4) is 0 Å². The van der Waals surface area contributed by atoms with Crippen LogP contribution in [-0.4, -0.2) is 12.7 Å². The molecule has 0 saturated heterocycles. The fourth-order valence-corrected chi connectivity index (χ4v) is 1.38. The maximum atomic E-state index is 5.36. The lowest BCUT2D eigenvalue weighted by molar-refractivity contribution is 0.0621. The summed E-state index contributed by atoms with van der Waals surface area (Å²) in [4.78, 5) is 0. The van der Waals surface area contributed by atoms with Crippen molar-refractivity contribution in [1.82, 2.24) is 0 Å². The minimum absolute atomic E-state index is 0.314. The van der Waals surface area contributed by atoms with Crippen LogP contribution >= 0.6 is 0 Å². The van der Waals surface area contributed by atoms with Crippen LogP contribution in [0.3, 0.4) is 0 Å². The molecule has 0 atom stereocenters. The van der Waals surface area contributed by atoms with E-state index in [0.29, 0.717) is 5.60 Å². The third-order valence-electron chi connectivity index (χ3n) is 2.02. The van der Waals surface area contributed by atoms with Crippen molar-refractivity contribution < 1.29 is 4.74 Å². The molecule has 0 aromatic carbocycles. The highest BCUT2D eigenvalue weighted by Crippen LogP contribution is 2.43. The fourth-order valence-electron chi connectivity index (χ4n) is 1.38. The molecule has 0 bridgehead atoms. The average Bonchev–Trinajstić information content (AvgIpc) is 2.73. The molecule has 1 aliphatic rings. The first-order chi connectivity index (χ1) is 5.18. The van der Waals surface area contributed by atoms with Gasteiger partial charge in [-0.25, -0.2) is 0 Å². The largest absolute Gasteiger partial charge is 0.378 e. The molecule has 1 heteroatoms. The van der Waals surface area contributed by atoms with Crippen molar-refractivity contribution in [2.45, 2.75) is 52.6 Å². The molecule has 0 N–H and O–H groups in total. The molecule has 1 aliphatic carbocycles. The van der Waals surface area contributed by atoms with Crippen molar-refractivity contribution in [2.24, 2.45) is 5.92 Å². The van der Waals surface area contributed by atoms with Gasteiger partial charge in [0.05, 0.1) is 5.60 Å². The summed E-state index contributed by atoms with van der Waals surface area (Å²) in [6.45, 7) is 8.50. The second-order valence-electron chi connectivity index (χ2n) is 3.49. The van der Waals surface area contributed by atoms with Gasteiger partial charge in [0.2, 0.25) is 0 Å². The molecule has 1 saturated carbocycles. The molecule has 11 heavy (non-hydrogen) atoms. The normalized spacial score (nSPS) is 19.1. The first kappa shape index (κ1) is 11.0. The van der Waals surface area contributed by atoms with Crippen LogP contribution in [0.2, 0.25) is 0 Å². The Bertz CT molecular complexity index is 93.0. The minimum atomic E-state index is 0.314. The zero-order chi connectivity index (χ0) is 8.91. The van der Waals surface area contributed by atoms with Crippen LogP contribution in [0.25, 0.3) is 0 Å². The topological polar surface area (TPSA) is 9.23 Å². The Labute approximate surface area is 71.1 Å². The van der Waals surface area contributed by atoms with Gasteiger partial charge in [-0.05, 0) is 25.2 Å². The molecular weight excluding hydrogens is 136 g/mol. The predicted octanol–water partition coefficient (Wildman–Crippen LogP) is 3.24. The Morgan fingerprint density at radius 3 is 1.82 bits per heavy atom. The third-order valence-corrected chi connectivity index (χ3v) is 2.02. The molecule has 0 amide bonds. The molecule has 1 nitrogen and oxygen atoms in total. The van der Waals surface area contributed by atoms with Gasteiger partial charge in [-0.1, -0.05) is 27.7 Å². The van der Waals surface area contributed by atoms with Crippen molar-refractivity contribution in [2.75, 3.05) is 7.11 Å². The van der Waals surface area contributed by atoms with Crippen LogP contribution < -0.4 is 0 Å². The maximum Gasteiger partial charge on any atom is 0.0683 e. The van der Waals surface area contributed by atoms with Crippen molar-refractivity contribution in [1.29, 1.82) is 0 Å². The summed E-state index contributed by atoms with van der Waals surface area (Å²) in [7, 11) is 1.83. The summed E-state index contributed by atoms with van der Waals surface area (Å²) in [5, 5.41) is 0. The number of ether oxygens (including phenoxy) is 1. The molecule has 1 fully saturated rings. The van der Waals surface area contributed by atoms with Crippen LogP contribution in [0, 0.1) is 5.92 Å². The van der Waals surface area contributed by atoms with Crippen molar-refractivity contribution >= 4 is 0 Å². The second-order valence-corrected chi connectivity index (χ2v) is 3.49. The molecule has 0 radical (unpaired) electrons. The maximum absolute atomic E-state index is 5.36. The first-order valence-electron chi connectivity index (χ1n) is 4.74. The van der Waals surface area contributed by atoms with Crippen LogP contribution in [-0.2, 0) is 4.74 Å². The Morgan fingerprint density at radius 1 is 1.27 bits per heavy atom. The van der Waals surface area contributed by atoms with Gasteiger partial charge in [0.15, 0.2) is 0 Å². The van der Waals surface area contributed by atoms with E-state index in [1.54, 1.807) is 0 Å². The van der Waals surface area contributed by atoms with E-state index >= 15 is 0 Å². The van der Waals surface area contributed by atoms with E-state index in [4.69, 9.17) is 4.74 Å². The lowest BCUT2D eigenvalue weighted by Gasteiger charge is -2.14. The van der Waals surface area contributed by atoms with Gasteiger partial charge in [0, 0.05) is 7.11 Å². The quantitative estimate of drug-likeness (QED) is 0.612. The molecule has 0 aliphatic heterocycles. The van der Waals surface area contributed by atoms with Gasteiger partial charge in [0.25, 0.3) is 0 Å². The number of methoxy groups -OCH3 is 1. The van der Waals surface area contributed by atoms with Gasteiger partial charge in [0.1, 0.15) is 0 Å². The van der Waals surface area contributed by atoms with E-state index in [9.17, 15) is 0 Å². The third kappa shape index (κ3) is 3.76. The van der Waals surface area contributed by atoms with Crippen molar-refractivity contribution in [3.63, 3.8) is 0 Å². The van der Waals surface area contributed by atoms with E-state index in [1.807, 2.05) is 21.0 Å². The Hall–Kier alpha value is -0.0400. The number of hydrogen-bond acceptors (Lipinski definition) is 1. The van der Waals surface area contributed by atoms with Gasteiger partial charge < -0.3 is 4.74 Å². The smallest absolute Gasteiger partial charge is 0.0683 e. The highest BCUT2D eigenvalue weighted by Gasteiger charge is 2.42. The van der Waals surface area contributed by atoms with Crippen LogP contribution in [0.4, 0.5) is 0 Å². The Kier molecular flexibility index (Phi) is 4.74. The number of rotatable bonds is 3. The molecule has 0 aromatic heterocycles. The van der Waals surface area contributed by atoms with Crippen LogP contribution in [0.1, 0.15) is 47.0 Å². The summed E-state index contributed by atoms with van der Waals surface area (Å²) in [6.07, 6.45) is 3.80. The summed E-state index contributed by atoms with van der Waals surface area (Å²) in [6, 6.07) is 0.